The molecule has 1 N–H and O–H groups in total. The predicted octanol–water partition coefficient (Wildman–Crippen LogP) is 3.03. The Labute approximate surface area is 77.3 Å². The summed E-state index contributed by atoms with van der Waals surface area (Å²) in [6, 6.07) is 0. The highest BCUT2D eigenvalue weighted by atomic mass is 32.1. The van der Waals surface area contributed by atoms with Crippen LogP contribution in [0.2, 0.25) is 0 Å². The van der Waals surface area contributed by atoms with Gasteiger partial charge in [-0.15, -0.1) is 11.3 Å². The first-order chi connectivity index (χ1) is 5.59. The number of nitrogens with zero attached hydrogens (tertiary/aromatic N) is 1. The summed E-state index contributed by atoms with van der Waals surface area (Å²) in [5, 5.41) is 4.11. The highest BCUT2D eigenvalue weighted by molar-refractivity contribution is 7.15. The molecule has 0 saturated carbocycles. The highest BCUT2D eigenvalue weighted by Crippen LogP contribution is 2.19. The van der Waals surface area contributed by atoms with Crippen LogP contribution < -0.4 is 5.32 Å². The Hall–Kier alpha value is -0.830. The van der Waals surface area contributed by atoms with Crippen molar-refractivity contribution in [1.29, 1.82) is 0 Å². The van der Waals surface area contributed by atoms with Crippen LogP contribution in [0.1, 0.15) is 18.7 Å². The molecule has 3 heteroatoms. The largest absolute Gasteiger partial charge is 0.336 e. The fraction of sp³-hybridized carbons (Fsp3) is 0.444. The van der Waals surface area contributed by atoms with Gasteiger partial charge in [0.2, 0.25) is 0 Å². The van der Waals surface area contributed by atoms with Crippen molar-refractivity contribution in [2.75, 3.05) is 5.32 Å². The van der Waals surface area contributed by atoms with E-state index in [1.165, 1.54) is 4.88 Å². The molecule has 1 rings (SSSR count). The maximum atomic E-state index is 4.18. The Kier molecular flexibility index (Phi) is 2.87. The molecule has 0 spiro atoms. The van der Waals surface area contributed by atoms with Gasteiger partial charge in [0.05, 0.1) is 0 Å². The first-order valence-electron chi connectivity index (χ1n) is 3.98. The first kappa shape index (κ1) is 9.26. The molecule has 0 amide bonds. The minimum Gasteiger partial charge on any atom is -0.336 e. The third kappa shape index (κ3) is 2.34. The molecule has 0 aliphatic heterocycles. The van der Waals surface area contributed by atoms with Gasteiger partial charge in [-0.1, -0.05) is 20.4 Å². The van der Waals surface area contributed by atoms with E-state index >= 15 is 0 Å². The van der Waals surface area contributed by atoms with E-state index in [1.807, 2.05) is 13.1 Å². The SMILES string of the molecule is C=C(Nc1ncc(C)s1)C(C)C. The van der Waals surface area contributed by atoms with E-state index in [2.05, 4.69) is 30.7 Å². The monoisotopic (exact) mass is 182 g/mol. The highest BCUT2D eigenvalue weighted by Gasteiger charge is 2.02. The van der Waals surface area contributed by atoms with Crippen LogP contribution in [0.25, 0.3) is 0 Å². The number of rotatable bonds is 3. The van der Waals surface area contributed by atoms with E-state index in [-0.39, 0.29) is 0 Å². The molecule has 0 atom stereocenters. The minimum atomic E-state index is 0.453. The van der Waals surface area contributed by atoms with Gasteiger partial charge in [0.1, 0.15) is 0 Å². The molecule has 0 unspecified atom stereocenters. The van der Waals surface area contributed by atoms with Gasteiger partial charge in [-0.2, -0.15) is 0 Å². The van der Waals surface area contributed by atoms with E-state index in [9.17, 15) is 0 Å². The molecule has 1 aromatic heterocycles. The number of aromatic nitrogens is 1. The summed E-state index contributed by atoms with van der Waals surface area (Å²) in [5.41, 5.74) is 1.02. The zero-order valence-electron chi connectivity index (χ0n) is 7.72. The summed E-state index contributed by atoms with van der Waals surface area (Å²) in [7, 11) is 0. The van der Waals surface area contributed by atoms with Gasteiger partial charge >= 0.3 is 0 Å². The molecule has 2 nitrogen and oxygen atoms in total. The van der Waals surface area contributed by atoms with Crippen LogP contribution in [0.5, 0.6) is 0 Å². The van der Waals surface area contributed by atoms with Gasteiger partial charge in [-0.3, -0.25) is 0 Å². The van der Waals surface area contributed by atoms with Crippen molar-refractivity contribution in [2.45, 2.75) is 20.8 Å². The van der Waals surface area contributed by atoms with Crippen molar-refractivity contribution in [2.24, 2.45) is 5.92 Å². The number of aryl methyl sites for hydroxylation is 1. The molecule has 0 radical (unpaired) electrons. The van der Waals surface area contributed by atoms with E-state index in [4.69, 9.17) is 0 Å². The Balaban J connectivity index is 2.58. The van der Waals surface area contributed by atoms with E-state index in [0.29, 0.717) is 5.92 Å². The maximum absolute atomic E-state index is 4.18. The summed E-state index contributed by atoms with van der Waals surface area (Å²) in [6.07, 6.45) is 1.86. The van der Waals surface area contributed by atoms with Crippen molar-refractivity contribution < 1.29 is 0 Å². The number of hydrogen-bond acceptors (Lipinski definition) is 3. The second-order valence-corrected chi connectivity index (χ2v) is 4.32. The van der Waals surface area contributed by atoms with Crippen molar-refractivity contribution >= 4 is 16.5 Å². The first-order valence-corrected chi connectivity index (χ1v) is 4.79. The minimum absolute atomic E-state index is 0.453. The summed E-state index contributed by atoms with van der Waals surface area (Å²) in [4.78, 5) is 5.40. The van der Waals surface area contributed by atoms with E-state index in [0.717, 1.165) is 10.8 Å². The van der Waals surface area contributed by atoms with Crippen LogP contribution in [0.4, 0.5) is 5.13 Å². The van der Waals surface area contributed by atoms with Gasteiger partial charge in [0.15, 0.2) is 5.13 Å². The van der Waals surface area contributed by atoms with Crippen LogP contribution in [0, 0.1) is 12.8 Å². The number of allylic oxidation sites excluding steroid dienone is 1. The molecule has 0 aliphatic rings. The number of thiazole rings is 1. The molecule has 0 aliphatic carbocycles. The van der Waals surface area contributed by atoms with Gasteiger partial charge < -0.3 is 5.32 Å². The Morgan fingerprint density at radius 2 is 2.33 bits per heavy atom. The van der Waals surface area contributed by atoms with Gasteiger partial charge in [0, 0.05) is 16.8 Å². The quantitative estimate of drug-likeness (QED) is 0.777. The van der Waals surface area contributed by atoms with Gasteiger partial charge in [-0.25, -0.2) is 4.98 Å². The van der Waals surface area contributed by atoms with Crippen molar-refractivity contribution in [3.8, 4) is 0 Å². The summed E-state index contributed by atoms with van der Waals surface area (Å²) in [6.45, 7) is 10.2. The lowest BCUT2D eigenvalue weighted by Crippen LogP contribution is -2.03. The van der Waals surface area contributed by atoms with E-state index in [1.54, 1.807) is 11.3 Å². The van der Waals surface area contributed by atoms with Crippen molar-refractivity contribution in [1.82, 2.24) is 4.98 Å². The molecular weight excluding hydrogens is 168 g/mol. The van der Waals surface area contributed by atoms with Crippen LogP contribution in [0.3, 0.4) is 0 Å². The lowest BCUT2D eigenvalue weighted by atomic mass is 10.2. The Bertz CT molecular complexity index is 276. The van der Waals surface area contributed by atoms with Crippen LogP contribution in [-0.4, -0.2) is 4.98 Å². The van der Waals surface area contributed by atoms with Gasteiger partial charge in [0.25, 0.3) is 0 Å². The molecule has 1 heterocycles. The number of nitrogens with one attached hydrogen (secondary N) is 1. The van der Waals surface area contributed by atoms with Crippen LogP contribution in [0.15, 0.2) is 18.5 Å². The smallest absolute Gasteiger partial charge is 0.187 e. The zero-order valence-corrected chi connectivity index (χ0v) is 8.53. The lowest BCUT2D eigenvalue weighted by molar-refractivity contribution is 0.778. The second kappa shape index (κ2) is 3.72. The normalized spacial score (nSPS) is 10.3. The number of hydrogen-bond donors (Lipinski definition) is 1. The molecule has 0 fully saturated rings. The molecule has 1 aromatic rings. The predicted molar refractivity (Wildman–Crippen MR) is 54.5 cm³/mol. The van der Waals surface area contributed by atoms with Crippen molar-refractivity contribution in [3.05, 3.63) is 23.3 Å². The summed E-state index contributed by atoms with van der Waals surface area (Å²) in [5.74, 6) is 0.453. The molecule has 12 heavy (non-hydrogen) atoms. The topological polar surface area (TPSA) is 24.9 Å². The Morgan fingerprint density at radius 3 is 2.75 bits per heavy atom. The zero-order chi connectivity index (χ0) is 9.14. The number of anilines is 1. The fourth-order valence-corrected chi connectivity index (χ4v) is 1.39. The van der Waals surface area contributed by atoms with Crippen LogP contribution in [-0.2, 0) is 0 Å². The van der Waals surface area contributed by atoms with Crippen molar-refractivity contribution in [3.63, 3.8) is 0 Å². The molecular formula is C9H14N2S. The lowest BCUT2D eigenvalue weighted by Gasteiger charge is -2.08. The molecule has 66 valence electrons. The average Bonchev–Trinajstić information content (AvgIpc) is 2.35. The van der Waals surface area contributed by atoms with Crippen LogP contribution >= 0.6 is 11.3 Å². The summed E-state index contributed by atoms with van der Waals surface area (Å²) < 4.78 is 0. The third-order valence-electron chi connectivity index (χ3n) is 1.59. The van der Waals surface area contributed by atoms with Gasteiger partial charge in [-0.05, 0) is 12.8 Å². The molecule has 0 bridgehead atoms. The molecule has 0 saturated heterocycles. The fourth-order valence-electron chi connectivity index (χ4n) is 0.694. The van der Waals surface area contributed by atoms with E-state index < -0.39 is 0 Å². The second-order valence-electron chi connectivity index (χ2n) is 3.08. The summed E-state index contributed by atoms with van der Waals surface area (Å²) >= 11 is 1.65. The standard InChI is InChI=1S/C9H14N2S/c1-6(2)8(4)11-9-10-5-7(3)12-9/h5-6H,4H2,1-3H3,(H,10,11). The molecule has 0 aromatic carbocycles. The Morgan fingerprint density at radius 1 is 1.67 bits per heavy atom. The average molecular weight is 182 g/mol. The third-order valence-corrected chi connectivity index (χ3v) is 2.41. The maximum Gasteiger partial charge on any atom is 0.187 e.